The summed E-state index contributed by atoms with van der Waals surface area (Å²) in [5.74, 6) is 1.68. The topological polar surface area (TPSA) is 64.7 Å². The Kier molecular flexibility index (Phi) is 15.2. The second-order valence-corrected chi connectivity index (χ2v) is 14.7. The van der Waals surface area contributed by atoms with Crippen LogP contribution in [-0.4, -0.2) is 59.9 Å². The Balaban J connectivity index is 0.00000250. The van der Waals surface area contributed by atoms with Crippen LogP contribution in [0.15, 0.2) is 48.5 Å². The highest BCUT2D eigenvalue weighted by molar-refractivity contribution is 6.30. The fourth-order valence-electron chi connectivity index (χ4n) is 8.59. The number of halogens is 3. The maximum Gasteiger partial charge on any atom is 0.245 e. The predicted octanol–water partition coefficient (Wildman–Crippen LogP) is 7.90. The van der Waals surface area contributed by atoms with Crippen molar-refractivity contribution in [2.45, 2.75) is 115 Å². The lowest BCUT2D eigenvalue weighted by atomic mass is 9.79. The van der Waals surface area contributed by atoms with Gasteiger partial charge in [-0.1, -0.05) is 112 Å². The maximum atomic E-state index is 14.1. The second-order valence-electron chi connectivity index (χ2n) is 14.3. The molecular weight excluding hydrogens is 651 g/mol. The Morgan fingerprint density at radius 1 is 0.809 bits per heavy atom. The summed E-state index contributed by atoms with van der Waals surface area (Å²) in [6.45, 7) is 4.10. The van der Waals surface area contributed by atoms with Crippen molar-refractivity contribution in [2.24, 2.45) is 11.8 Å². The molecule has 2 atom stereocenters. The molecule has 260 valence electrons. The quantitative estimate of drug-likeness (QED) is 0.250. The average molecular weight is 706 g/mol. The molecule has 2 aromatic rings. The summed E-state index contributed by atoms with van der Waals surface area (Å²) in [6.07, 6.45) is 17.4. The molecule has 2 heterocycles. The van der Waals surface area contributed by atoms with Gasteiger partial charge in [-0.3, -0.25) is 14.5 Å². The predicted molar refractivity (Wildman–Crippen MR) is 197 cm³/mol. The molecule has 6 rings (SSSR count). The number of rotatable bonds is 11. The first-order chi connectivity index (χ1) is 22.0. The lowest BCUT2D eigenvalue weighted by molar-refractivity contribution is -0.138. The van der Waals surface area contributed by atoms with E-state index in [4.69, 9.17) is 11.6 Å². The minimum Gasteiger partial charge on any atom is -0.344 e. The lowest BCUT2D eigenvalue weighted by Gasteiger charge is -2.43. The number of fused-ring (bicyclic) bond motifs is 1. The van der Waals surface area contributed by atoms with Gasteiger partial charge < -0.3 is 15.5 Å². The summed E-state index contributed by atoms with van der Waals surface area (Å²) < 4.78 is 0. The van der Waals surface area contributed by atoms with Gasteiger partial charge in [0.05, 0.1) is 0 Å². The van der Waals surface area contributed by atoms with Crippen molar-refractivity contribution in [3.8, 4) is 0 Å². The Bertz CT molecular complexity index is 1240. The van der Waals surface area contributed by atoms with Crippen molar-refractivity contribution in [2.75, 3.05) is 26.2 Å². The molecule has 0 radical (unpaired) electrons. The van der Waals surface area contributed by atoms with Gasteiger partial charge in [0.25, 0.3) is 0 Å². The Hall–Kier alpha value is -1.83. The molecule has 9 heteroatoms. The number of benzene rings is 2. The molecule has 1 saturated heterocycles. The summed E-state index contributed by atoms with van der Waals surface area (Å²) in [6, 6.07) is 15.9. The van der Waals surface area contributed by atoms with Crippen LogP contribution >= 0.6 is 36.4 Å². The minimum absolute atomic E-state index is 0. The molecule has 0 bridgehead atoms. The van der Waals surface area contributed by atoms with Gasteiger partial charge >= 0.3 is 0 Å². The van der Waals surface area contributed by atoms with Gasteiger partial charge in [-0.2, -0.15) is 0 Å². The molecule has 2 N–H and O–H groups in total. The molecule has 0 aromatic heterocycles. The first kappa shape index (κ1) is 38.0. The highest BCUT2D eigenvalue weighted by Gasteiger charge is 2.34. The molecule has 3 fully saturated rings. The van der Waals surface area contributed by atoms with E-state index in [9.17, 15) is 9.59 Å². The van der Waals surface area contributed by atoms with Crippen LogP contribution in [0.1, 0.15) is 106 Å². The number of piperazine rings is 1. The largest absolute Gasteiger partial charge is 0.344 e. The van der Waals surface area contributed by atoms with Crippen LogP contribution < -0.4 is 10.6 Å². The Labute approximate surface area is 300 Å². The molecule has 2 saturated carbocycles. The second kappa shape index (κ2) is 18.8. The molecule has 47 heavy (non-hydrogen) atoms. The van der Waals surface area contributed by atoms with E-state index in [0.717, 1.165) is 50.1 Å². The summed E-state index contributed by atoms with van der Waals surface area (Å²) in [7, 11) is 0. The number of hydrogen-bond acceptors (Lipinski definition) is 4. The highest BCUT2D eigenvalue weighted by Crippen LogP contribution is 2.35. The Morgan fingerprint density at radius 2 is 1.40 bits per heavy atom. The first-order valence-electron chi connectivity index (χ1n) is 17.9. The molecule has 2 amide bonds. The summed E-state index contributed by atoms with van der Waals surface area (Å²) >= 11 is 6.16. The highest BCUT2D eigenvalue weighted by atomic mass is 35.5. The van der Waals surface area contributed by atoms with E-state index in [-0.39, 0.29) is 42.7 Å². The molecule has 2 aliphatic heterocycles. The fraction of sp³-hybridized carbons (Fsp3) is 0.632. The van der Waals surface area contributed by atoms with Gasteiger partial charge in [0.15, 0.2) is 0 Å². The van der Waals surface area contributed by atoms with Crippen molar-refractivity contribution < 1.29 is 9.59 Å². The number of amides is 2. The van der Waals surface area contributed by atoms with Gasteiger partial charge in [-0.25, -0.2) is 0 Å². The summed E-state index contributed by atoms with van der Waals surface area (Å²) in [5.41, 5.74) is 3.42. The number of carbonyl (C=O) groups excluding carboxylic acids is 2. The van der Waals surface area contributed by atoms with Crippen molar-refractivity contribution in [3.63, 3.8) is 0 Å². The summed E-state index contributed by atoms with van der Waals surface area (Å²) in [4.78, 5) is 32.3. The maximum absolute atomic E-state index is 14.1. The van der Waals surface area contributed by atoms with Crippen LogP contribution in [0.4, 0.5) is 0 Å². The molecule has 0 spiro atoms. The zero-order valence-electron chi connectivity index (χ0n) is 27.8. The van der Waals surface area contributed by atoms with E-state index >= 15 is 0 Å². The van der Waals surface area contributed by atoms with Gasteiger partial charge in [0.1, 0.15) is 6.04 Å². The van der Waals surface area contributed by atoms with Gasteiger partial charge in [-0.05, 0) is 53.5 Å². The molecule has 4 aliphatic rings. The normalized spacial score (nSPS) is 21.4. The monoisotopic (exact) mass is 704 g/mol. The zero-order valence-corrected chi connectivity index (χ0v) is 30.2. The molecule has 6 nitrogen and oxygen atoms in total. The van der Waals surface area contributed by atoms with E-state index < -0.39 is 6.04 Å². The van der Waals surface area contributed by atoms with Crippen LogP contribution in [0.25, 0.3) is 0 Å². The fourth-order valence-corrected chi connectivity index (χ4v) is 8.72. The van der Waals surface area contributed by atoms with Crippen LogP contribution in [0.3, 0.4) is 0 Å². The molecular formula is C38H55Cl3N4O2. The van der Waals surface area contributed by atoms with Gasteiger partial charge in [0, 0.05) is 62.7 Å². The third kappa shape index (κ3) is 10.6. The standard InChI is InChI=1S/C38H53ClN4O2.2ClH/c39-32-17-15-30(16-18-32)25-36(41-37(44)26-35-34-14-8-7-13-31(34)27-40-35)38(45)43-21-19-42(20-22-43)33(23-28-9-3-1-4-10-28)24-29-11-5-2-6-12-29;;/h7-8,13-18,28-29,33,35-36,40H,1-6,9-12,19-27H2,(H,41,44);2*1H/t35?,36-;;/m1../s1. The van der Waals surface area contributed by atoms with Gasteiger partial charge in [-0.15, -0.1) is 24.8 Å². The number of nitrogens with zero attached hydrogens (tertiary/aromatic N) is 2. The first-order valence-corrected chi connectivity index (χ1v) is 18.3. The van der Waals surface area contributed by atoms with E-state index in [2.05, 4.69) is 27.7 Å². The molecule has 2 aromatic carbocycles. The van der Waals surface area contributed by atoms with E-state index in [1.54, 1.807) is 0 Å². The van der Waals surface area contributed by atoms with E-state index in [0.29, 0.717) is 23.9 Å². The Morgan fingerprint density at radius 3 is 2.02 bits per heavy atom. The molecule has 2 aliphatic carbocycles. The van der Waals surface area contributed by atoms with Crippen LogP contribution in [0, 0.1) is 11.8 Å². The van der Waals surface area contributed by atoms with Crippen molar-refractivity contribution in [1.82, 2.24) is 20.4 Å². The summed E-state index contributed by atoms with van der Waals surface area (Å²) in [5, 5.41) is 7.30. The van der Waals surface area contributed by atoms with Crippen LogP contribution in [0.5, 0.6) is 0 Å². The number of nitrogens with one attached hydrogen (secondary N) is 2. The lowest BCUT2D eigenvalue weighted by Crippen LogP contribution is -2.57. The van der Waals surface area contributed by atoms with Crippen molar-refractivity contribution in [1.29, 1.82) is 0 Å². The third-order valence-corrected chi connectivity index (χ3v) is 11.4. The van der Waals surface area contributed by atoms with E-state index in [1.165, 1.54) is 88.2 Å². The van der Waals surface area contributed by atoms with Gasteiger partial charge in [0.2, 0.25) is 11.8 Å². The minimum atomic E-state index is -0.595. The van der Waals surface area contributed by atoms with Crippen molar-refractivity contribution >= 4 is 48.2 Å². The average Bonchev–Trinajstić information content (AvgIpc) is 3.48. The third-order valence-electron chi connectivity index (χ3n) is 11.1. The van der Waals surface area contributed by atoms with Crippen LogP contribution in [-0.2, 0) is 22.6 Å². The smallest absolute Gasteiger partial charge is 0.245 e. The van der Waals surface area contributed by atoms with Crippen LogP contribution in [0.2, 0.25) is 5.02 Å². The zero-order chi connectivity index (χ0) is 31.0. The SMILES string of the molecule is Cl.Cl.O=C(CC1NCc2ccccc21)N[C@H](Cc1ccc(Cl)cc1)C(=O)N1CCN(C(CC2CCCCC2)CC2CCCCC2)CC1. The van der Waals surface area contributed by atoms with Crippen molar-refractivity contribution in [3.05, 3.63) is 70.2 Å². The van der Waals surface area contributed by atoms with E-state index in [1.807, 2.05) is 41.3 Å². The number of carbonyl (C=O) groups is 2. The molecule has 1 unspecified atom stereocenters. The number of hydrogen-bond donors (Lipinski definition) is 2.